The second-order valence-corrected chi connectivity index (χ2v) is 7.75. The van der Waals surface area contributed by atoms with Gasteiger partial charge in [-0.3, -0.25) is 0 Å². The predicted octanol–water partition coefficient (Wildman–Crippen LogP) is 2.56. The van der Waals surface area contributed by atoms with E-state index in [4.69, 9.17) is 11.6 Å². The van der Waals surface area contributed by atoms with Crippen molar-refractivity contribution in [2.45, 2.75) is 18.1 Å². The molecule has 17 heavy (non-hydrogen) atoms. The van der Waals surface area contributed by atoms with E-state index in [0.29, 0.717) is 11.6 Å². The van der Waals surface area contributed by atoms with Gasteiger partial charge in [-0.15, -0.1) is 11.8 Å². The molecule has 1 aliphatic heterocycles. The molecular formula is C11H14ClNO2S2. The largest absolute Gasteiger partial charge is 0.219 e. The second kappa shape index (κ2) is 5.18. The minimum absolute atomic E-state index is 0.0262. The van der Waals surface area contributed by atoms with Crippen LogP contribution in [-0.2, 0) is 15.8 Å². The standard InChI is InChI=1S/C11H14ClNO2S2/c1-9-13(5-6-16-9)17(14,15)8-10-3-2-4-11(12)7-10/h2-4,7,9H,5-6,8H2,1H3. The molecule has 0 spiro atoms. The van der Waals surface area contributed by atoms with Crippen molar-refractivity contribution in [3.8, 4) is 0 Å². The highest BCUT2D eigenvalue weighted by Gasteiger charge is 2.31. The van der Waals surface area contributed by atoms with E-state index in [9.17, 15) is 8.42 Å². The number of nitrogens with zero attached hydrogens (tertiary/aromatic N) is 1. The molecule has 1 fully saturated rings. The van der Waals surface area contributed by atoms with E-state index in [-0.39, 0.29) is 11.1 Å². The Bertz CT molecular complexity index is 504. The van der Waals surface area contributed by atoms with Gasteiger partial charge in [0, 0.05) is 17.3 Å². The molecule has 94 valence electrons. The third-order valence-corrected chi connectivity index (χ3v) is 6.11. The first-order valence-corrected chi connectivity index (χ1v) is 8.38. The van der Waals surface area contributed by atoms with Crippen molar-refractivity contribution in [3.63, 3.8) is 0 Å². The van der Waals surface area contributed by atoms with E-state index in [0.717, 1.165) is 11.3 Å². The molecule has 1 unspecified atom stereocenters. The summed E-state index contributed by atoms with van der Waals surface area (Å²) in [6.45, 7) is 2.53. The first-order chi connectivity index (χ1) is 7.99. The maximum Gasteiger partial charge on any atom is 0.219 e. The van der Waals surface area contributed by atoms with Gasteiger partial charge in [0.25, 0.3) is 0 Å². The Kier molecular flexibility index (Phi) is 4.02. The molecule has 2 rings (SSSR count). The van der Waals surface area contributed by atoms with Gasteiger partial charge in [0.1, 0.15) is 0 Å². The molecule has 1 aromatic rings. The molecule has 1 aromatic carbocycles. The fraction of sp³-hybridized carbons (Fsp3) is 0.455. The summed E-state index contributed by atoms with van der Waals surface area (Å²) in [6, 6.07) is 7.01. The molecule has 0 aromatic heterocycles. The van der Waals surface area contributed by atoms with Crippen molar-refractivity contribution in [2.75, 3.05) is 12.3 Å². The Morgan fingerprint density at radius 2 is 2.29 bits per heavy atom. The Balaban J connectivity index is 2.17. The average molecular weight is 292 g/mol. The number of benzene rings is 1. The lowest BCUT2D eigenvalue weighted by Gasteiger charge is -2.19. The van der Waals surface area contributed by atoms with Crippen LogP contribution in [0.25, 0.3) is 0 Å². The van der Waals surface area contributed by atoms with Crippen LogP contribution in [-0.4, -0.2) is 30.4 Å². The van der Waals surface area contributed by atoms with E-state index in [1.807, 2.05) is 6.92 Å². The quantitative estimate of drug-likeness (QED) is 0.859. The Hall–Kier alpha value is -0.230. The maximum absolute atomic E-state index is 12.2. The highest BCUT2D eigenvalue weighted by molar-refractivity contribution is 8.01. The molecule has 1 heterocycles. The summed E-state index contributed by atoms with van der Waals surface area (Å²) in [5.74, 6) is 0.897. The number of hydrogen-bond acceptors (Lipinski definition) is 3. The van der Waals surface area contributed by atoms with Crippen LogP contribution < -0.4 is 0 Å². The molecule has 1 atom stereocenters. The zero-order chi connectivity index (χ0) is 12.5. The van der Waals surface area contributed by atoms with Crippen molar-refractivity contribution >= 4 is 33.4 Å². The Morgan fingerprint density at radius 3 is 2.88 bits per heavy atom. The molecular weight excluding hydrogens is 278 g/mol. The minimum atomic E-state index is -3.23. The lowest BCUT2D eigenvalue weighted by Crippen LogP contribution is -2.34. The minimum Gasteiger partial charge on any atom is -0.212 e. The first-order valence-electron chi connectivity index (χ1n) is 5.34. The lowest BCUT2D eigenvalue weighted by atomic mass is 10.2. The molecule has 6 heteroatoms. The number of thioether (sulfide) groups is 1. The maximum atomic E-state index is 12.2. The molecule has 0 radical (unpaired) electrons. The molecule has 0 N–H and O–H groups in total. The topological polar surface area (TPSA) is 37.4 Å². The van der Waals surface area contributed by atoms with Crippen LogP contribution in [0.5, 0.6) is 0 Å². The van der Waals surface area contributed by atoms with E-state index >= 15 is 0 Å². The monoisotopic (exact) mass is 291 g/mol. The molecule has 1 aliphatic rings. The molecule has 0 aliphatic carbocycles. The fourth-order valence-corrected chi connectivity index (χ4v) is 5.27. The van der Waals surface area contributed by atoms with Gasteiger partial charge in [-0.2, -0.15) is 4.31 Å². The Morgan fingerprint density at radius 1 is 1.53 bits per heavy atom. The van der Waals surface area contributed by atoms with Gasteiger partial charge in [0.2, 0.25) is 10.0 Å². The summed E-state index contributed by atoms with van der Waals surface area (Å²) in [5.41, 5.74) is 0.738. The summed E-state index contributed by atoms with van der Waals surface area (Å²) >= 11 is 7.52. The number of halogens is 1. The highest BCUT2D eigenvalue weighted by Crippen LogP contribution is 2.27. The van der Waals surface area contributed by atoms with Gasteiger partial charge >= 0.3 is 0 Å². The van der Waals surface area contributed by atoms with E-state index in [1.165, 1.54) is 0 Å². The van der Waals surface area contributed by atoms with Gasteiger partial charge in [-0.05, 0) is 24.6 Å². The van der Waals surface area contributed by atoms with Gasteiger partial charge in [-0.25, -0.2) is 8.42 Å². The summed E-state index contributed by atoms with van der Waals surface area (Å²) in [6.07, 6.45) is 0. The van der Waals surface area contributed by atoms with Crippen molar-refractivity contribution < 1.29 is 8.42 Å². The van der Waals surface area contributed by atoms with Crippen LogP contribution in [0.1, 0.15) is 12.5 Å². The van der Waals surface area contributed by atoms with Crippen LogP contribution in [0.3, 0.4) is 0 Å². The Labute approximate surface area is 111 Å². The third kappa shape index (κ3) is 3.16. The predicted molar refractivity (Wildman–Crippen MR) is 72.7 cm³/mol. The van der Waals surface area contributed by atoms with E-state index in [2.05, 4.69) is 0 Å². The van der Waals surface area contributed by atoms with Crippen LogP contribution >= 0.6 is 23.4 Å². The molecule has 0 saturated carbocycles. The zero-order valence-corrected chi connectivity index (χ0v) is 11.9. The summed E-state index contributed by atoms with van der Waals surface area (Å²) < 4.78 is 26.0. The number of rotatable bonds is 3. The highest BCUT2D eigenvalue weighted by atomic mass is 35.5. The summed E-state index contributed by atoms with van der Waals surface area (Å²) in [7, 11) is -3.23. The smallest absolute Gasteiger partial charge is 0.212 e. The van der Waals surface area contributed by atoms with Crippen LogP contribution in [0.4, 0.5) is 0 Å². The first kappa shape index (κ1) is 13.2. The van der Waals surface area contributed by atoms with Crippen molar-refractivity contribution in [2.24, 2.45) is 0 Å². The van der Waals surface area contributed by atoms with Gasteiger partial charge < -0.3 is 0 Å². The fourth-order valence-electron chi connectivity index (χ4n) is 1.86. The average Bonchev–Trinajstić information content (AvgIpc) is 2.64. The molecule has 1 saturated heterocycles. The van der Waals surface area contributed by atoms with Crippen LogP contribution in [0, 0.1) is 0 Å². The van der Waals surface area contributed by atoms with Crippen molar-refractivity contribution in [1.82, 2.24) is 4.31 Å². The van der Waals surface area contributed by atoms with Gasteiger partial charge in [-0.1, -0.05) is 23.7 Å². The van der Waals surface area contributed by atoms with Crippen LogP contribution in [0.2, 0.25) is 5.02 Å². The summed E-state index contributed by atoms with van der Waals surface area (Å²) in [5, 5.41) is 0.612. The van der Waals surface area contributed by atoms with E-state index in [1.54, 1.807) is 40.3 Å². The SMILES string of the molecule is CC1SCCN1S(=O)(=O)Cc1cccc(Cl)c1. The van der Waals surface area contributed by atoms with Gasteiger partial charge in [0.05, 0.1) is 11.1 Å². The normalized spacial score (nSPS) is 21.9. The van der Waals surface area contributed by atoms with E-state index < -0.39 is 10.0 Å². The summed E-state index contributed by atoms with van der Waals surface area (Å²) in [4.78, 5) is 0. The third-order valence-electron chi connectivity index (χ3n) is 2.67. The lowest BCUT2D eigenvalue weighted by molar-refractivity contribution is 0.441. The molecule has 0 bridgehead atoms. The van der Waals surface area contributed by atoms with Gasteiger partial charge in [0.15, 0.2) is 0 Å². The number of hydrogen-bond donors (Lipinski definition) is 0. The zero-order valence-electron chi connectivity index (χ0n) is 9.47. The molecule has 3 nitrogen and oxygen atoms in total. The second-order valence-electron chi connectivity index (χ2n) is 3.97. The van der Waals surface area contributed by atoms with Crippen molar-refractivity contribution in [3.05, 3.63) is 34.9 Å². The number of sulfonamides is 1. The van der Waals surface area contributed by atoms with Crippen LogP contribution in [0.15, 0.2) is 24.3 Å². The van der Waals surface area contributed by atoms with Crippen molar-refractivity contribution in [1.29, 1.82) is 0 Å². The molecule has 0 amide bonds.